The summed E-state index contributed by atoms with van der Waals surface area (Å²) in [5, 5.41) is 12.7. The van der Waals surface area contributed by atoms with Gasteiger partial charge in [-0.05, 0) is 29.8 Å². The molecule has 0 atom stereocenters. The summed E-state index contributed by atoms with van der Waals surface area (Å²) in [7, 11) is 0. The molecule has 0 aliphatic heterocycles. The van der Waals surface area contributed by atoms with Crippen molar-refractivity contribution in [1.29, 1.82) is 0 Å². The number of aromatic hydroxyl groups is 1. The summed E-state index contributed by atoms with van der Waals surface area (Å²) in [6, 6.07) is 11.0. The first-order valence-corrected chi connectivity index (χ1v) is 5.32. The van der Waals surface area contributed by atoms with E-state index in [0.717, 1.165) is 16.2 Å². The van der Waals surface area contributed by atoms with Gasteiger partial charge in [0.05, 0.1) is 0 Å². The van der Waals surface area contributed by atoms with Gasteiger partial charge in [-0.1, -0.05) is 24.3 Å². The Bertz CT molecular complexity index is 784. The van der Waals surface area contributed by atoms with E-state index in [1.54, 1.807) is 19.1 Å². The lowest BCUT2D eigenvalue weighted by Crippen LogP contribution is -2.00. The van der Waals surface area contributed by atoms with E-state index in [2.05, 4.69) is 0 Å². The predicted octanol–water partition coefficient (Wildman–Crippen LogP) is 2.96. The molecular formula is C14H10O3. The predicted molar refractivity (Wildman–Crippen MR) is 66.4 cm³/mol. The zero-order valence-corrected chi connectivity index (χ0v) is 9.23. The first-order valence-electron chi connectivity index (χ1n) is 5.32. The molecule has 1 N–H and O–H groups in total. The van der Waals surface area contributed by atoms with Crippen molar-refractivity contribution in [3.8, 4) is 5.75 Å². The molecule has 0 saturated heterocycles. The molecule has 0 amide bonds. The van der Waals surface area contributed by atoms with Gasteiger partial charge >= 0.3 is 5.63 Å². The Morgan fingerprint density at radius 1 is 1.12 bits per heavy atom. The van der Waals surface area contributed by atoms with Crippen LogP contribution in [0, 0.1) is 6.92 Å². The smallest absolute Gasteiger partial charge is 0.347 e. The Kier molecular flexibility index (Phi) is 1.95. The standard InChI is InChI=1S/C14H10O3/c1-8-6-11-10-5-3-2-4-9(10)7-12(15)13(11)14(16)17-8/h2-7,15H,1H3. The van der Waals surface area contributed by atoms with Gasteiger partial charge in [-0.25, -0.2) is 4.79 Å². The lowest BCUT2D eigenvalue weighted by Gasteiger charge is -2.05. The molecule has 0 aliphatic carbocycles. The fraction of sp³-hybridized carbons (Fsp3) is 0.0714. The molecule has 0 bridgehead atoms. The summed E-state index contributed by atoms with van der Waals surface area (Å²) in [6.07, 6.45) is 0. The minimum atomic E-state index is -0.497. The van der Waals surface area contributed by atoms with Crippen LogP contribution in [0.25, 0.3) is 21.5 Å². The molecule has 84 valence electrons. The number of phenolic OH excluding ortho intramolecular Hbond substituents is 1. The van der Waals surface area contributed by atoms with E-state index in [-0.39, 0.29) is 11.1 Å². The Labute approximate surface area is 96.9 Å². The van der Waals surface area contributed by atoms with Crippen LogP contribution in [0.15, 0.2) is 45.6 Å². The van der Waals surface area contributed by atoms with Crippen molar-refractivity contribution >= 4 is 21.5 Å². The third-order valence-corrected chi connectivity index (χ3v) is 2.87. The highest BCUT2D eigenvalue weighted by Gasteiger charge is 2.10. The van der Waals surface area contributed by atoms with Crippen LogP contribution in [-0.2, 0) is 0 Å². The van der Waals surface area contributed by atoms with Gasteiger partial charge < -0.3 is 9.52 Å². The fourth-order valence-corrected chi connectivity index (χ4v) is 2.15. The molecule has 0 fully saturated rings. The van der Waals surface area contributed by atoms with E-state index in [1.165, 1.54) is 0 Å². The van der Waals surface area contributed by atoms with Gasteiger partial charge in [0.1, 0.15) is 16.9 Å². The molecule has 17 heavy (non-hydrogen) atoms. The largest absolute Gasteiger partial charge is 0.507 e. The normalized spacial score (nSPS) is 11.1. The maximum absolute atomic E-state index is 11.7. The van der Waals surface area contributed by atoms with Crippen LogP contribution in [0.1, 0.15) is 5.76 Å². The second kappa shape index (κ2) is 3.35. The van der Waals surface area contributed by atoms with Crippen LogP contribution in [0.4, 0.5) is 0 Å². The summed E-state index contributed by atoms with van der Waals surface area (Å²) < 4.78 is 5.00. The van der Waals surface area contributed by atoms with Crippen molar-refractivity contribution in [3.63, 3.8) is 0 Å². The van der Waals surface area contributed by atoms with E-state index < -0.39 is 5.63 Å². The fourth-order valence-electron chi connectivity index (χ4n) is 2.15. The minimum Gasteiger partial charge on any atom is -0.507 e. The van der Waals surface area contributed by atoms with Crippen molar-refractivity contribution in [2.75, 3.05) is 0 Å². The van der Waals surface area contributed by atoms with Crippen molar-refractivity contribution in [2.45, 2.75) is 6.92 Å². The van der Waals surface area contributed by atoms with Crippen molar-refractivity contribution in [2.24, 2.45) is 0 Å². The maximum Gasteiger partial charge on any atom is 0.347 e. The molecule has 0 spiro atoms. The molecule has 0 unspecified atom stereocenters. The van der Waals surface area contributed by atoms with Gasteiger partial charge in [0, 0.05) is 5.39 Å². The molecule has 2 aromatic carbocycles. The van der Waals surface area contributed by atoms with Gasteiger partial charge in [-0.2, -0.15) is 0 Å². The van der Waals surface area contributed by atoms with E-state index in [1.807, 2.05) is 24.3 Å². The topological polar surface area (TPSA) is 50.4 Å². The molecule has 0 radical (unpaired) electrons. The Balaban J connectivity index is 2.70. The summed E-state index contributed by atoms with van der Waals surface area (Å²) >= 11 is 0. The molecule has 3 heteroatoms. The summed E-state index contributed by atoms with van der Waals surface area (Å²) in [4.78, 5) is 11.7. The third kappa shape index (κ3) is 1.40. The number of fused-ring (bicyclic) bond motifs is 3. The molecule has 1 aromatic heterocycles. The zero-order valence-electron chi connectivity index (χ0n) is 9.23. The highest BCUT2D eigenvalue weighted by atomic mass is 16.4. The lowest BCUT2D eigenvalue weighted by molar-refractivity contribution is 0.466. The van der Waals surface area contributed by atoms with E-state index in [0.29, 0.717) is 5.76 Å². The average molecular weight is 226 g/mol. The van der Waals surface area contributed by atoms with E-state index >= 15 is 0 Å². The van der Waals surface area contributed by atoms with Crippen LogP contribution < -0.4 is 5.63 Å². The molecule has 1 heterocycles. The number of phenols is 1. The number of hydrogen-bond acceptors (Lipinski definition) is 3. The summed E-state index contributed by atoms with van der Waals surface area (Å²) in [5.74, 6) is 0.505. The Morgan fingerprint density at radius 3 is 2.71 bits per heavy atom. The van der Waals surface area contributed by atoms with Crippen LogP contribution in [0.5, 0.6) is 5.75 Å². The quantitative estimate of drug-likeness (QED) is 0.599. The van der Waals surface area contributed by atoms with E-state index in [4.69, 9.17) is 4.42 Å². The molecule has 3 nitrogen and oxygen atoms in total. The second-order valence-electron chi connectivity index (χ2n) is 4.05. The minimum absolute atomic E-state index is 0.0348. The SMILES string of the molecule is Cc1cc2c(c(O)cc3ccccc32)c(=O)o1. The highest BCUT2D eigenvalue weighted by molar-refractivity contribution is 6.09. The van der Waals surface area contributed by atoms with Gasteiger partial charge in [-0.3, -0.25) is 0 Å². The van der Waals surface area contributed by atoms with Crippen LogP contribution >= 0.6 is 0 Å². The number of benzene rings is 2. The van der Waals surface area contributed by atoms with Gasteiger partial charge in [0.2, 0.25) is 0 Å². The zero-order chi connectivity index (χ0) is 12.0. The lowest BCUT2D eigenvalue weighted by atomic mass is 10.0. The Hall–Kier alpha value is -2.29. The third-order valence-electron chi connectivity index (χ3n) is 2.87. The number of aryl methyl sites for hydroxylation is 1. The molecule has 3 aromatic rings. The second-order valence-corrected chi connectivity index (χ2v) is 4.05. The first kappa shape index (κ1) is 9.90. The van der Waals surface area contributed by atoms with Gasteiger partial charge in [0.15, 0.2) is 0 Å². The van der Waals surface area contributed by atoms with Gasteiger partial charge in [-0.15, -0.1) is 0 Å². The maximum atomic E-state index is 11.7. The van der Waals surface area contributed by atoms with Crippen LogP contribution in [0.3, 0.4) is 0 Å². The monoisotopic (exact) mass is 226 g/mol. The van der Waals surface area contributed by atoms with Gasteiger partial charge in [0.25, 0.3) is 0 Å². The van der Waals surface area contributed by atoms with Crippen molar-refractivity contribution < 1.29 is 9.52 Å². The summed E-state index contributed by atoms with van der Waals surface area (Å²) in [5.41, 5.74) is -0.497. The van der Waals surface area contributed by atoms with Crippen LogP contribution in [-0.4, -0.2) is 5.11 Å². The Morgan fingerprint density at radius 2 is 1.88 bits per heavy atom. The number of rotatable bonds is 0. The first-order chi connectivity index (χ1) is 8.16. The summed E-state index contributed by atoms with van der Waals surface area (Å²) in [6.45, 7) is 1.72. The molecule has 0 aliphatic rings. The van der Waals surface area contributed by atoms with Crippen molar-refractivity contribution in [1.82, 2.24) is 0 Å². The molecule has 0 saturated carbocycles. The van der Waals surface area contributed by atoms with Crippen molar-refractivity contribution in [3.05, 3.63) is 52.6 Å². The highest BCUT2D eigenvalue weighted by Crippen LogP contribution is 2.30. The molecular weight excluding hydrogens is 216 g/mol. The van der Waals surface area contributed by atoms with E-state index in [9.17, 15) is 9.90 Å². The molecule has 3 rings (SSSR count). The average Bonchev–Trinajstić information content (AvgIpc) is 2.28. The number of hydrogen-bond donors (Lipinski definition) is 1. The van der Waals surface area contributed by atoms with Crippen LogP contribution in [0.2, 0.25) is 0 Å².